The fourth-order valence-corrected chi connectivity index (χ4v) is 2.77. The summed E-state index contributed by atoms with van der Waals surface area (Å²) in [4.78, 5) is 10.3. The van der Waals surface area contributed by atoms with Gasteiger partial charge in [0.1, 0.15) is 5.75 Å². The van der Waals surface area contributed by atoms with E-state index in [2.05, 4.69) is 0 Å². The molecule has 0 saturated heterocycles. The van der Waals surface area contributed by atoms with Crippen LogP contribution in [0.2, 0.25) is 0 Å². The minimum absolute atomic E-state index is 0.0259. The summed E-state index contributed by atoms with van der Waals surface area (Å²) in [6.45, 7) is 3.57. The molecule has 1 rings (SSSR count). The molecular formula is C12H18N2O5S. The van der Waals surface area contributed by atoms with E-state index in [1.165, 1.54) is 12.1 Å². The lowest BCUT2D eigenvalue weighted by molar-refractivity contribution is -0.385. The topological polar surface area (TPSA) is 113 Å². The number of primary sulfonamides is 1. The van der Waals surface area contributed by atoms with Crippen LogP contribution >= 0.6 is 0 Å². The van der Waals surface area contributed by atoms with Crippen LogP contribution in [0.15, 0.2) is 18.2 Å². The highest BCUT2D eigenvalue weighted by molar-refractivity contribution is 7.89. The van der Waals surface area contributed by atoms with Crippen LogP contribution in [0, 0.1) is 23.0 Å². The number of nitro groups is 1. The largest absolute Gasteiger partial charge is 0.493 e. The fraction of sp³-hybridized carbons (Fsp3) is 0.500. The van der Waals surface area contributed by atoms with Crippen molar-refractivity contribution in [1.29, 1.82) is 0 Å². The van der Waals surface area contributed by atoms with E-state index in [9.17, 15) is 18.5 Å². The van der Waals surface area contributed by atoms with Gasteiger partial charge in [0.2, 0.25) is 10.0 Å². The number of hydrogen-bond acceptors (Lipinski definition) is 5. The van der Waals surface area contributed by atoms with E-state index in [-0.39, 0.29) is 24.0 Å². The van der Waals surface area contributed by atoms with Crippen LogP contribution in [0.25, 0.3) is 0 Å². The summed E-state index contributed by atoms with van der Waals surface area (Å²) in [5, 5.41) is 15.8. The van der Waals surface area contributed by atoms with Gasteiger partial charge in [-0.05, 0) is 19.4 Å². The molecular weight excluding hydrogens is 284 g/mol. The van der Waals surface area contributed by atoms with Crippen molar-refractivity contribution in [3.05, 3.63) is 33.9 Å². The number of nitrogens with zero attached hydrogens (tertiary/aromatic N) is 1. The summed E-state index contributed by atoms with van der Waals surface area (Å²) in [6, 6.07) is 4.54. The van der Waals surface area contributed by atoms with Gasteiger partial charge in [0.05, 0.1) is 22.8 Å². The maximum atomic E-state index is 11.1. The van der Waals surface area contributed by atoms with E-state index in [1.54, 1.807) is 13.0 Å². The van der Waals surface area contributed by atoms with Gasteiger partial charge < -0.3 is 4.74 Å². The Balaban J connectivity index is 2.79. The Morgan fingerprint density at radius 3 is 2.60 bits per heavy atom. The van der Waals surface area contributed by atoms with E-state index in [0.717, 1.165) is 0 Å². The molecule has 1 unspecified atom stereocenters. The SMILES string of the molecule is CCC(COc1cccc([N+](=O)[O-])c1C)CS(N)(=O)=O. The maximum Gasteiger partial charge on any atom is 0.276 e. The van der Waals surface area contributed by atoms with Crippen molar-refractivity contribution in [2.45, 2.75) is 20.3 Å². The van der Waals surface area contributed by atoms with Gasteiger partial charge in [-0.15, -0.1) is 0 Å². The lowest BCUT2D eigenvalue weighted by Crippen LogP contribution is -2.26. The molecule has 0 radical (unpaired) electrons. The molecule has 1 atom stereocenters. The van der Waals surface area contributed by atoms with E-state index in [0.29, 0.717) is 17.7 Å². The van der Waals surface area contributed by atoms with Crippen molar-refractivity contribution in [2.75, 3.05) is 12.4 Å². The Labute approximate surface area is 117 Å². The summed E-state index contributed by atoms with van der Waals surface area (Å²) in [7, 11) is -3.56. The van der Waals surface area contributed by atoms with Crippen LogP contribution in [0.4, 0.5) is 5.69 Å². The van der Waals surface area contributed by atoms with E-state index in [4.69, 9.17) is 9.88 Å². The monoisotopic (exact) mass is 302 g/mol. The predicted molar refractivity (Wildman–Crippen MR) is 75.1 cm³/mol. The third-order valence-corrected chi connectivity index (χ3v) is 3.91. The highest BCUT2D eigenvalue weighted by atomic mass is 32.2. The Morgan fingerprint density at radius 1 is 1.45 bits per heavy atom. The van der Waals surface area contributed by atoms with Gasteiger partial charge in [0.15, 0.2) is 0 Å². The van der Waals surface area contributed by atoms with Crippen molar-refractivity contribution in [3.63, 3.8) is 0 Å². The first-order chi connectivity index (χ1) is 9.24. The molecule has 1 aromatic rings. The van der Waals surface area contributed by atoms with Gasteiger partial charge in [-0.3, -0.25) is 10.1 Å². The molecule has 2 N–H and O–H groups in total. The standard InChI is InChI=1S/C12H18N2O5S/c1-3-10(8-20(13,17)18)7-19-12-6-4-5-11(9(12)2)14(15)16/h4-6,10H,3,7-8H2,1-2H3,(H2,13,17,18). The highest BCUT2D eigenvalue weighted by Crippen LogP contribution is 2.27. The Morgan fingerprint density at radius 2 is 2.10 bits per heavy atom. The second kappa shape index (κ2) is 6.67. The molecule has 112 valence electrons. The first-order valence-electron chi connectivity index (χ1n) is 6.12. The molecule has 0 spiro atoms. The van der Waals surface area contributed by atoms with Crippen LogP contribution in [0.5, 0.6) is 5.75 Å². The number of hydrogen-bond donors (Lipinski definition) is 1. The van der Waals surface area contributed by atoms with Crippen LogP contribution in [0.3, 0.4) is 0 Å². The van der Waals surface area contributed by atoms with Crippen molar-refractivity contribution in [2.24, 2.45) is 11.1 Å². The van der Waals surface area contributed by atoms with Crippen LogP contribution in [0.1, 0.15) is 18.9 Å². The summed E-state index contributed by atoms with van der Waals surface area (Å²) >= 11 is 0. The van der Waals surface area contributed by atoms with E-state index in [1.807, 2.05) is 6.92 Å². The molecule has 0 fully saturated rings. The third kappa shape index (κ3) is 4.78. The summed E-state index contributed by atoms with van der Waals surface area (Å²) < 4.78 is 27.6. The van der Waals surface area contributed by atoms with Crippen LogP contribution < -0.4 is 9.88 Å². The average molecular weight is 302 g/mol. The molecule has 0 aliphatic rings. The lowest BCUT2D eigenvalue weighted by atomic mass is 10.1. The number of rotatable bonds is 7. The van der Waals surface area contributed by atoms with Gasteiger partial charge >= 0.3 is 0 Å². The van der Waals surface area contributed by atoms with Crippen molar-refractivity contribution < 1.29 is 18.1 Å². The molecule has 0 aliphatic heterocycles. The second-order valence-electron chi connectivity index (χ2n) is 4.57. The highest BCUT2D eigenvalue weighted by Gasteiger charge is 2.18. The van der Waals surface area contributed by atoms with Gasteiger partial charge in [0, 0.05) is 12.0 Å². The minimum Gasteiger partial charge on any atom is -0.493 e. The molecule has 0 aliphatic carbocycles. The number of nitro benzene ring substituents is 1. The summed E-state index contributed by atoms with van der Waals surface area (Å²) in [5.74, 6) is -0.0342. The van der Waals surface area contributed by atoms with E-state index < -0.39 is 14.9 Å². The number of benzene rings is 1. The summed E-state index contributed by atoms with van der Waals surface area (Å²) in [6.07, 6.45) is 0.588. The first kappa shape index (κ1) is 16.4. The lowest BCUT2D eigenvalue weighted by Gasteiger charge is -2.15. The zero-order valence-corrected chi connectivity index (χ0v) is 12.2. The average Bonchev–Trinajstić information content (AvgIpc) is 2.34. The fourth-order valence-electron chi connectivity index (χ4n) is 1.78. The molecule has 0 saturated carbocycles. The molecule has 0 aromatic heterocycles. The van der Waals surface area contributed by atoms with Crippen LogP contribution in [-0.4, -0.2) is 25.7 Å². The molecule has 20 heavy (non-hydrogen) atoms. The molecule has 1 aromatic carbocycles. The second-order valence-corrected chi connectivity index (χ2v) is 6.23. The first-order valence-corrected chi connectivity index (χ1v) is 7.83. The van der Waals surface area contributed by atoms with Crippen molar-refractivity contribution in [1.82, 2.24) is 0 Å². The Kier molecular flexibility index (Phi) is 5.46. The van der Waals surface area contributed by atoms with Crippen LogP contribution in [-0.2, 0) is 10.0 Å². The Bertz CT molecular complexity index is 586. The molecule has 8 heteroatoms. The Hall–Kier alpha value is -1.67. The normalized spacial score (nSPS) is 12.9. The molecule has 0 bridgehead atoms. The quantitative estimate of drug-likeness (QED) is 0.607. The predicted octanol–water partition coefficient (Wildman–Crippen LogP) is 1.60. The zero-order valence-electron chi connectivity index (χ0n) is 11.4. The maximum absolute atomic E-state index is 11.1. The number of ether oxygens (including phenoxy) is 1. The molecule has 0 amide bonds. The number of sulfonamides is 1. The number of nitrogens with two attached hydrogens (primary N) is 1. The minimum atomic E-state index is -3.56. The van der Waals surface area contributed by atoms with Gasteiger partial charge in [0.25, 0.3) is 5.69 Å². The van der Waals surface area contributed by atoms with Gasteiger partial charge in [-0.1, -0.05) is 13.0 Å². The van der Waals surface area contributed by atoms with Gasteiger partial charge in [-0.2, -0.15) is 0 Å². The van der Waals surface area contributed by atoms with E-state index >= 15 is 0 Å². The van der Waals surface area contributed by atoms with Crippen molar-refractivity contribution >= 4 is 15.7 Å². The molecule has 7 nitrogen and oxygen atoms in total. The summed E-state index contributed by atoms with van der Waals surface area (Å²) in [5.41, 5.74) is 0.393. The smallest absolute Gasteiger partial charge is 0.276 e. The third-order valence-electron chi connectivity index (χ3n) is 2.97. The zero-order chi connectivity index (χ0) is 15.3. The van der Waals surface area contributed by atoms with Crippen molar-refractivity contribution in [3.8, 4) is 5.75 Å². The molecule has 0 heterocycles. The van der Waals surface area contributed by atoms with Gasteiger partial charge in [-0.25, -0.2) is 13.6 Å².